The van der Waals surface area contributed by atoms with Gasteiger partial charge in [-0.25, -0.2) is 0 Å². The number of aryl methyl sites for hydroxylation is 1. The van der Waals surface area contributed by atoms with Crippen molar-refractivity contribution in [3.05, 3.63) is 84.4 Å². The van der Waals surface area contributed by atoms with Gasteiger partial charge in [0.1, 0.15) is 11.5 Å². The van der Waals surface area contributed by atoms with Crippen molar-refractivity contribution in [1.82, 2.24) is 0 Å². The fourth-order valence-corrected chi connectivity index (χ4v) is 3.58. The van der Waals surface area contributed by atoms with E-state index >= 15 is 0 Å². The molecule has 0 atom stereocenters. The van der Waals surface area contributed by atoms with E-state index in [1.807, 2.05) is 66.7 Å². The number of hydrogen-bond acceptors (Lipinski definition) is 4. The van der Waals surface area contributed by atoms with Crippen LogP contribution >= 0.6 is 0 Å². The first-order valence-electron chi connectivity index (χ1n) is 10.8. The van der Waals surface area contributed by atoms with Crippen LogP contribution in [0.2, 0.25) is 0 Å². The average molecular weight is 431 g/mol. The van der Waals surface area contributed by atoms with Crippen molar-refractivity contribution in [3.8, 4) is 11.5 Å². The second kappa shape index (κ2) is 10.5. The summed E-state index contributed by atoms with van der Waals surface area (Å²) in [5.41, 5.74) is 2.49. The predicted molar refractivity (Wildman–Crippen MR) is 124 cm³/mol. The Balaban J connectivity index is 1.32. The van der Waals surface area contributed by atoms with Crippen molar-refractivity contribution in [1.29, 1.82) is 0 Å². The van der Waals surface area contributed by atoms with Crippen LogP contribution in [0, 0.1) is 0 Å². The summed E-state index contributed by atoms with van der Waals surface area (Å²) in [6.07, 6.45) is 1.77. The fraction of sp³-hybridized carbons (Fsp3) is 0.231. The van der Waals surface area contributed by atoms with Gasteiger partial charge >= 0.3 is 0 Å². The third-order valence-corrected chi connectivity index (χ3v) is 5.21. The molecule has 1 N–H and O–H groups in total. The molecular weight excluding hydrogens is 404 g/mol. The van der Waals surface area contributed by atoms with Gasteiger partial charge in [0.2, 0.25) is 5.91 Å². The monoisotopic (exact) mass is 430 g/mol. The maximum Gasteiger partial charge on any atom is 0.265 e. The van der Waals surface area contributed by atoms with Gasteiger partial charge in [-0.05, 0) is 42.7 Å². The van der Waals surface area contributed by atoms with E-state index in [4.69, 9.17) is 9.47 Å². The van der Waals surface area contributed by atoms with Crippen molar-refractivity contribution in [2.45, 2.75) is 19.3 Å². The summed E-state index contributed by atoms with van der Waals surface area (Å²) in [7, 11) is 0. The van der Waals surface area contributed by atoms with Crippen LogP contribution in [0.25, 0.3) is 0 Å². The molecule has 32 heavy (non-hydrogen) atoms. The highest BCUT2D eigenvalue weighted by molar-refractivity contribution is 5.99. The Morgan fingerprint density at radius 3 is 2.53 bits per heavy atom. The van der Waals surface area contributed by atoms with Crippen LogP contribution < -0.4 is 19.7 Å². The van der Waals surface area contributed by atoms with Gasteiger partial charge in [-0.3, -0.25) is 9.59 Å². The standard InChI is InChI=1S/C26H26N2O4/c29-25(15-12-20-8-3-1-4-9-20)27-21-13-14-23-24(18-21)32-19-26(30)28(23)16-7-17-31-22-10-5-2-6-11-22/h1-6,8-11,13-14,18H,7,12,15-17,19H2,(H,27,29). The number of nitrogens with zero attached hydrogens (tertiary/aromatic N) is 1. The number of rotatable bonds is 9. The first-order valence-corrected chi connectivity index (χ1v) is 10.8. The number of carbonyl (C=O) groups excluding carboxylic acids is 2. The zero-order valence-corrected chi connectivity index (χ0v) is 17.8. The van der Waals surface area contributed by atoms with Crippen molar-refractivity contribution >= 4 is 23.2 Å². The lowest BCUT2D eigenvalue weighted by Crippen LogP contribution is -2.39. The topological polar surface area (TPSA) is 67.9 Å². The summed E-state index contributed by atoms with van der Waals surface area (Å²) in [6.45, 7) is 1.03. The molecule has 1 aliphatic rings. The van der Waals surface area contributed by atoms with Crippen LogP contribution in [0.4, 0.5) is 11.4 Å². The molecule has 6 nitrogen and oxygen atoms in total. The van der Waals surface area contributed by atoms with E-state index in [0.29, 0.717) is 49.5 Å². The molecule has 6 heteroatoms. The SMILES string of the molecule is O=C(CCc1ccccc1)Nc1ccc2c(c1)OCC(=O)N2CCCOc1ccccc1. The quantitative estimate of drug-likeness (QED) is 0.509. The van der Waals surface area contributed by atoms with Gasteiger partial charge < -0.3 is 19.7 Å². The zero-order valence-electron chi connectivity index (χ0n) is 17.8. The van der Waals surface area contributed by atoms with Gasteiger partial charge in [-0.1, -0.05) is 48.5 Å². The minimum Gasteiger partial charge on any atom is -0.494 e. The van der Waals surface area contributed by atoms with Crippen LogP contribution in [0.15, 0.2) is 78.9 Å². The fourth-order valence-electron chi connectivity index (χ4n) is 3.58. The molecule has 0 saturated carbocycles. The molecule has 4 rings (SSSR count). The van der Waals surface area contributed by atoms with Crippen molar-refractivity contribution in [2.75, 3.05) is 30.0 Å². The van der Waals surface area contributed by atoms with Gasteiger partial charge in [0.05, 0.1) is 12.3 Å². The highest BCUT2D eigenvalue weighted by atomic mass is 16.5. The molecule has 0 saturated heterocycles. The predicted octanol–water partition coefficient (Wildman–Crippen LogP) is 4.45. The van der Waals surface area contributed by atoms with E-state index in [0.717, 1.165) is 11.3 Å². The molecule has 3 aromatic rings. The third kappa shape index (κ3) is 5.66. The highest BCUT2D eigenvalue weighted by Gasteiger charge is 2.25. The summed E-state index contributed by atoms with van der Waals surface area (Å²) in [5, 5.41) is 2.92. The number of ether oxygens (including phenoxy) is 2. The molecule has 0 spiro atoms. The van der Waals surface area contributed by atoms with Gasteiger partial charge in [0.15, 0.2) is 6.61 Å². The van der Waals surface area contributed by atoms with E-state index in [2.05, 4.69) is 5.32 Å². The first-order chi connectivity index (χ1) is 15.7. The molecule has 0 aromatic heterocycles. The smallest absolute Gasteiger partial charge is 0.265 e. The molecule has 0 aliphatic carbocycles. The Kier molecular flexibility index (Phi) is 7.02. The number of fused-ring (bicyclic) bond motifs is 1. The Morgan fingerprint density at radius 2 is 1.75 bits per heavy atom. The maximum absolute atomic E-state index is 12.4. The Labute approximate surface area is 187 Å². The molecule has 1 aliphatic heterocycles. The number of benzene rings is 3. The first kappa shape index (κ1) is 21.4. The second-order valence-electron chi connectivity index (χ2n) is 7.57. The molecule has 0 unspecified atom stereocenters. The van der Waals surface area contributed by atoms with Crippen LogP contribution in [0.1, 0.15) is 18.4 Å². The number of carbonyl (C=O) groups is 2. The van der Waals surface area contributed by atoms with E-state index in [-0.39, 0.29) is 18.4 Å². The molecule has 1 heterocycles. The Hall–Kier alpha value is -3.80. The summed E-state index contributed by atoms with van der Waals surface area (Å²) in [6, 6.07) is 24.9. The molecule has 0 bridgehead atoms. The number of nitrogens with one attached hydrogen (secondary N) is 1. The number of anilines is 2. The molecule has 3 aromatic carbocycles. The summed E-state index contributed by atoms with van der Waals surface area (Å²) in [4.78, 5) is 26.4. The largest absolute Gasteiger partial charge is 0.494 e. The van der Waals surface area contributed by atoms with E-state index in [1.54, 1.807) is 17.0 Å². The van der Waals surface area contributed by atoms with Gasteiger partial charge in [-0.15, -0.1) is 0 Å². The van der Waals surface area contributed by atoms with Crippen molar-refractivity contribution in [2.24, 2.45) is 0 Å². The average Bonchev–Trinajstić information content (AvgIpc) is 2.83. The number of amides is 2. The van der Waals surface area contributed by atoms with Crippen LogP contribution in [0.3, 0.4) is 0 Å². The lowest BCUT2D eigenvalue weighted by atomic mass is 10.1. The normalized spacial score (nSPS) is 12.6. The molecular formula is C26H26N2O4. The van der Waals surface area contributed by atoms with E-state index < -0.39 is 0 Å². The second-order valence-corrected chi connectivity index (χ2v) is 7.57. The third-order valence-electron chi connectivity index (χ3n) is 5.21. The molecule has 2 amide bonds. The Morgan fingerprint density at radius 1 is 1.00 bits per heavy atom. The van der Waals surface area contributed by atoms with Gasteiger partial charge in [-0.2, -0.15) is 0 Å². The summed E-state index contributed by atoms with van der Waals surface area (Å²) < 4.78 is 11.3. The molecule has 164 valence electrons. The lowest BCUT2D eigenvalue weighted by Gasteiger charge is -2.29. The zero-order chi connectivity index (χ0) is 22.2. The van der Waals surface area contributed by atoms with E-state index in [1.165, 1.54) is 0 Å². The molecule has 0 radical (unpaired) electrons. The maximum atomic E-state index is 12.4. The minimum atomic E-state index is -0.0862. The van der Waals surface area contributed by atoms with Crippen LogP contribution in [0.5, 0.6) is 11.5 Å². The Bertz CT molecular complexity index is 1050. The van der Waals surface area contributed by atoms with Gasteiger partial charge in [0, 0.05) is 24.7 Å². The lowest BCUT2D eigenvalue weighted by molar-refractivity contribution is -0.121. The van der Waals surface area contributed by atoms with Crippen LogP contribution in [-0.2, 0) is 16.0 Å². The van der Waals surface area contributed by atoms with Crippen LogP contribution in [-0.4, -0.2) is 31.6 Å². The minimum absolute atomic E-state index is 0.0159. The highest BCUT2D eigenvalue weighted by Crippen LogP contribution is 2.34. The molecule has 0 fully saturated rings. The number of para-hydroxylation sites is 1. The summed E-state index contributed by atoms with van der Waals surface area (Å²) >= 11 is 0. The van der Waals surface area contributed by atoms with Gasteiger partial charge in [0.25, 0.3) is 5.91 Å². The summed E-state index contributed by atoms with van der Waals surface area (Å²) in [5.74, 6) is 1.26. The van der Waals surface area contributed by atoms with Crippen molar-refractivity contribution in [3.63, 3.8) is 0 Å². The number of hydrogen-bond donors (Lipinski definition) is 1. The van der Waals surface area contributed by atoms with E-state index in [9.17, 15) is 9.59 Å². The van der Waals surface area contributed by atoms with Crippen molar-refractivity contribution < 1.29 is 19.1 Å².